The topological polar surface area (TPSA) is 67.9 Å². The zero-order valence-electron chi connectivity index (χ0n) is 11.4. The van der Waals surface area contributed by atoms with E-state index >= 15 is 0 Å². The molecule has 2 amide bonds. The number of nitrogens with one attached hydrogen (secondary N) is 1. The van der Waals surface area contributed by atoms with Crippen molar-refractivity contribution in [1.29, 1.82) is 0 Å². The first-order valence-corrected chi connectivity index (χ1v) is 6.15. The van der Waals surface area contributed by atoms with E-state index in [1.807, 2.05) is 13.8 Å². The predicted molar refractivity (Wildman–Crippen MR) is 66.2 cm³/mol. The Kier molecular flexibility index (Phi) is 5.40. The highest BCUT2D eigenvalue weighted by atomic mass is 16.5. The molecule has 6 nitrogen and oxygen atoms in total. The van der Waals surface area contributed by atoms with Crippen LogP contribution < -0.4 is 5.32 Å². The smallest absolute Gasteiger partial charge is 0.407 e. The first-order chi connectivity index (χ1) is 8.49. The van der Waals surface area contributed by atoms with Crippen molar-refractivity contribution in [2.45, 2.75) is 32.4 Å². The number of methoxy groups -OCH3 is 2. The van der Waals surface area contributed by atoms with E-state index < -0.39 is 12.1 Å². The molecular formula is C12H22N2O4. The van der Waals surface area contributed by atoms with Gasteiger partial charge < -0.3 is 19.7 Å². The molecule has 2 atom stereocenters. The number of ether oxygens (including phenoxy) is 2. The van der Waals surface area contributed by atoms with Gasteiger partial charge in [-0.05, 0) is 12.3 Å². The molecule has 1 unspecified atom stereocenters. The summed E-state index contributed by atoms with van der Waals surface area (Å²) in [5, 5.41) is 2.58. The van der Waals surface area contributed by atoms with Crippen LogP contribution in [0, 0.1) is 5.92 Å². The Morgan fingerprint density at radius 2 is 2.00 bits per heavy atom. The van der Waals surface area contributed by atoms with Crippen molar-refractivity contribution in [3.63, 3.8) is 0 Å². The van der Waals surface area contributed by atoms with Gasteiger partial charge in [0, 0.05) is 20.2 Å². The van der Waals surface area contributed by atoms with Gasteiger partial charge in [0.15, 0.2) is 0 Å². The molecule has 0 aromatic heterocycles. The molecule has 1 fully saturated rings. The number of amides is 2. The molecule has 1 aliphatic heterocycles. The average Bonchev–Trinajstić information content (AvgIpc) is 2.83. The quantitative estimate of drug-likeness (QED) is 0.802. The van der Waals surface area contributed by atoms with E-state index in [0.29, 0.717) is 13.1 Å². The van der Waals surface area contributed by atoms with Gasteiger partial charge >= 0.3 is 6.09 Å². The van der Waals surface area contributed by atoms with Crippen LogP contribution in [0.4, 0.5) is 4.79 Å². The average molecular weight is 258 g/mol. The molecule has 0 bridgehead atoms. The summed E-state index contributed by atoms with van der Waals surface area (Å²) < 4.78 is 9.77. The summed E-state index contributed by atoms with van der Waals surface area (Å²) in [4.78, 5) is 25.3. The SMILES string of the molecule is COC(=O)N[C@H](C(=O)N1CCC(OC)C1)C(C)C. The first kappa shape index (κ1) is 14.8. The van der Waals surface area contributed by atoms with Crippen LogP contribution in [0.15, 0.2) is 0 Å². The number of nitrogens with zero attached hydrogens (tertiary/aromatic N) is 1. The molecule has 104 valence electrons. The Morgan fingerprint density at radius 3 is 2.44 bits per heavy atom. The minimum Gasteiger partial charge on any atom is -0.453 e. The largest absolute Gasteiger partial charge is 0.453 e. The summed E-state index contributed by atoms with van der Waals surface area (Å²) in [7, 11) is 2.93. The Hall–Kier alpha value is -1.30. The van der Waals surface area contributed by atoms with Crippen molar-refractivity contribution in [3.05, 3.63) is 0 Å². The van der Waals surface area contributed by atoms with E-state index in [2.05, 4.69) is 10.1 Å². The number of hydrogen-bond donors (Lipinski definition) is 1. The summed E-state index contributed by atoms with van der Waals surface area (Å²) in [5.41, 5.74) is 0. The van der Waals surface area contributed by atoms with Crippen molar-refractivity contribution < 1.29 is 19.1 Å². The lowest BCUT2D eigenvalue weighted by molar-refractivity contribution is -0.133. The fourth-order valence-corrected chi connectivity index (χ4v) is 2.02. The van der Waals surface area contributed by atoms with Crippen LogP contribution in [0.5, 0.6) is 0 Å². The number of carbonyl (C=O) groups excluding carboxylic acids is 2. The normalized spacial score (nSPS) is 20.9. The van der Waals surface area contributed by atoms with Gasteiger partial charge in [0.05, 0.1) is 13.2 Å². The molecule has 0 aliphatic carbocycles. The van der Waals surface area contributed by atoms with E-state index in [4.69, 9.17) is 4.74 Å². The number of hydrogen-bond acceptors (Lipinski definition) is 4. The highest BCUT2D eigenvalue weighted by Crippen LogP contribution is 2.15. The Bertz CT molecular complexity index is 306. The molecule has 1 aliphatic rings. The summed E-state index contributed by atoms with van der Waals surface area (Å²) in [6.45, 7) is 5.04. The van der Waals surface area contributed by atoms with Gasteiger partial charge in [-0.15, -0.1) is 0 Å². The first-order valence-electron chi connectivity index (χ1n) is 6.15. The summed E-state index contributed by atoms with van der Waals surface area (Å²) in [5.74, 6) is -0.0619. The molecule has 6 heteroatoms. The van der Waals surface area contributed by atoms with Crippen LogP contribution in [-0.2, 0) is 14.3 Å². The molecule has 1 saturated heterocycles. The van der Waals surface area contributed by atoms with Gasteiger partial charge in [-0.3, -0.25) is 4.79 Å². The Balaban J connectivity index is 2.63. The molecule has 0 aromatic carbocycles. The maximum absolute atomic E-state index is 12.3. The highest BCUT2D eigenvalue weighted by Gasteiger charge is 2.33. The van der Waals surface area contributed by atoms with Crippen molar-refractivity contribution in [2.75, 3.05) is 27.3 Å². The van der Waals surface area contributed by atoms with Gasteiger partial charge in [0.1, 0.15) is 6.04 Å². The zero-order valence-corrected chi connectivity index (χ0v) is 11.4. The third-order valence-corrected chi connectivity index (χ3v) is 3.18. The van der Waals surface area contributed by atoms with Crippen molar-refractivity contribution >= 4 is 12.0 Å². The summed E-state index contributed by atoms with van der Waals surface area (Å²) in [6, 6.07) is -0.548. The molecule has 18 heavy (non-hydrogen) atoms. The van der Waals surface area contributed by atoms with Crippen LogP contribution >= 0.6 is 0 Å². The minimum absolute atomic E-state index is 0.0122. The van der Waals surface area contributed by atoms with E-state index in [9.17, 15) is 9.59 Å². The number of alkyl carbamates (subject to hydrolysis) is 1. The molecule has 1 N–H and O–H groups in total. The van der Waals surface area contributed by atoms with Gasteiger partial charge in [-0.1, -0.05) is 13.8 Å². The second-order valence-electron chi connectivity index (χ2n) is 4.79. The number of carbonyl (C=O) groups is 2. The molecule has 0 saturated carbocycles. The minimum atomic E-state index is -0.579. The zero-order chi connectivity index (χ0) is 13.7. The molecule has 0 radical (unpaired) electrons. The second kappa shape index (κ2) is 6.58. The molecular weight excluding hydrogens is 236 g/mol. The summed E-state index contributed by atoms with van der Waals surface area (Å²) in [6.07, 6.45) is 0.357. The van der Waals surface area contributed by atoms with Crippen LogP contribution in [-0.4, -0.2) is 56.4 Å². The fourth-order valence-electron chi connectivity index (χ4n) is 2.02. The number of likely N-dealkylation sites (tertiary alicyclic amines) is 1. The maximum atomic E-state index is 12.3. The monoisotopic (exact) mass is 258 g/mol. The lowest BCUT2D eigenvalue weighted by Gasteiger charge is -2.26. The van der Waals surface area contributed by atoms with Gasteiger partial charge in [0.25, 0.3) is 0 Å². The van der Waals surface area contributed by atoms with Crippen LogP contribution in [0.1, 0.15) is 20.3 Å². The van der Waals surface area contributed by atoms with Gasteiger partial charge in [0.2, 0.25) is 5.91 Å². The van der Waals surface area contributed by atoms with E-state index in [0.717, 1.165) is 6.42 Å². The molecule has 0 spiro atoms. The Morgan fingerprint density at radius 1 is 1.33 bits per heavy atom. The number of rotatable bonds is 4. The van der Waals surface area contributed by atoms with Crippen LogP contribution in [0.3, 0.4) is 0 Å². The van der Waals surface area contributed by atoms with Crippen molar-refractivity contribution in [3.8, 4) is 0 Å². The second-order valence-corrected chi connectivity index (χ2v) is 4.79. The van der Waals surface area contributed by atoms with E-state index in [1.54, 1.807) is 12.0 Å². The molecule has 1 rings (SSSR count). The Labute approximate surface area is 108 Å². The highest BCUT2D eigenvalue weighted by molar-refractivity contribution is 5.86. The van der Waals surface area contributed by atoms with E-state index in [1.165, 1.54) is 7.11 Å². The van der Waals surface area contributed by atoms with Crippen LogP contribution in [0.2, 0.25) is 0 Å². The molecule has 0 aromatic rings. The fraction of sp³-hybridized carbons (Fsp3) is 0.833. The predicted octanol–water partition coefficient (Wildman–Crippen LogP) is 0.614. The lowest BCUT2D eigenvalue weighted by Crippen LogP contribution is -2.50. The standard InChI is InChI=1S/C12H22N2O4/c1-8(2)10(13-12(16)18-4)11(15)14-6-5-9(7-14)17-3/h8-10H,5-7H2,1-4H3,(H,13,16)/t9?,10-/m0/s1. The third kappa shape index (κ3) is 3.60. The van der Waals surface area contributed by atoms with Gasteiger partial charge in [-0.2, -0.15) is 0 Å². The van der Waals surface area contributed by atoms with Gasteiger partial charge in [-0.25, -0.2) is 4.79 Å². The van der Waals surface area contributed by atoms with Crippen molar-refractivity contribution in [1.82, 2.24) is 10.2 Å². The molecule has 1 heterocycles. The van der Waals surface area contributed by atoms with Crippen LogP contribution in [0.25, 0.3) is 0 Å². The lowest BCUT2D eigenvalue weighted by atomic mass is 10.0. The van der Waals surface area contributed by atoms with Crippen molar-refractivity contribution in [2.24, 2.45) is 5.92 Å². The maximum Gasteiger partial charge on any atom is 0.407 e. The summed E-state index contributed by atoms with van der Waals surface area (Å²) >= 11 is 0. The van der Waals surface area contributed by atoms with E-state index in [-0.39, 0.29) is 17.9 Å². The third-order valence-electron chi connectivity index (χ3n) is 3.18.